The Hall–Kier alpha value is -2.03. The number of nitrogens with one attached hydrogen (secondary N) is 1. The van der Waals surface area contributed by atoms with Gasteiger partial charge in [-0.05, 0) is 36.8 Å². The van der Waals surface area contributed by atoms with E-state index in [1.54, 1.807) is 41.7 Å². The molecule has 0 radical (unpaired) electrons. The van der Waals surface area contributed by atoms with Crippen LogP contribution in [0.4, 0.5) is 5.69 Å². The van der Waals surface area contributed by atoms with E-state index in [2.05, 4.69) is 26.2 Å². The van der Waals surface area contributed by atoms with Gasteiger partial charge >= 0.3 is 0 Å². The van der Waals surface area contributed by atoms with E-state index in [0.717, 1.165) is 20.7 Å². The highest BCUT2D eigenvalue weighted by Gasteiger charge is 2.18. The monoisotopic (exact) mass is 464 g/mol. The van der Waals surface area contributed by atoms with Crippen LogP contribution in [0.25, 0.3) is 11.3 Å². The van der Waals surface area contributed by atoms with Gasteiger partial charge in [-0.15, -0.1) is 11.3 Å². The first-order chi connectivity index (χ1) is 12.8. The fourth-order valence-electron chi connectivity index (χ4n) is 2.55. The second kappa shape index (κ2) is 8.33. The summed E-state index contributed by atoms with van der Waals surface area (Å²) in [6.45, 7) is 1.94. The molecule has 1 aromatic heterocycles. The number of hydrogen-bond acceptors (Lipinski definition) is 5. The van der Waals surface area contributed by atoms with Gasteiger partial charge in [0.2, 0.25) is 5.91 Å². The van der Waals surface area contributed by atoms with Crippen molar-refractivity contribution in [3.8, 4) is 11.3 Å². The molecule has 1 heterocycles. The number of aromatic nitrogens is 1. The van der Waals surface area contributed by atoms with E-state index in [4.69, 9.17) is 0 Å². The lowest BCUT2D eigenvalue weighted by Gasteiger charge is -2.07. The van der Waals surface area contributed by atoms with Crippen LogP contribution < -0.4 is 5.32 Å². The van der Waals surface area contributed by atoms with Crippen LogP contribution in [-0.4, -0.2) is 25.1 Å². The van der Waals surface area contributed by atoms with E-state index >= 15 is 0 Å². The van der Waals surface area contributed by atoms with Gasteiger partial charge in [-0.3, -0.25) is 4.79 Å². The van der Waals surface area contributed by atoms with Crippen molar-refractivity contribution in [2.24, 2.45) is 0 Å². The number of amides is 1. The molecule has 140 valence electrons. The minimum atomic E-state index is -3.56. The van der Waals surface area contributed by atoms with Crippen molar-refractivity contribution < 1.29 is 13.2 Å². The van der Waals surface area contributed by atoms with E-state index in [1.807, 2.05) is 30.5 Å². The summed E-state index contributed by atoms with van der Waals surface area (Å²) in [5, 5.41) is 5.59. The van der Waals surface area contributed by atoms with Crippen LogP contribution >= 0.6 is 27.3 Å². The van der Waals surface area contributed by atoms with E-state index in [-0.39, 0.29) is 5.75 Å². The lowest BCUT2D eigenvalue weighted by Crippen LogP contribution is -2.23. The maximum atomic E-state index is 12.3. The quantitative estimate of drug-likeness (QED) is 0.584. The number of halogens is 1. The van der Waals surface area contributed by atoms with Crippen LogP contribution in [0.5, 0.6) is 0 Å². The van der Waals surface area contributed by atoms with Gasteiger partial charge < -0.3 is 5.32 Å². The van der Waals surface area contributed by atoms with Gasteiger partial charge in [0, 0.05) is 21.1 Å². The Morgan fingerprint density at radius 3 is 2.56 bits per heavy atom. The summed E-state index contributed by atoms with van der Waals surface area (Å²) in [5.74, 6) is -1.30. The minimum Gasteiger partial charge on any atom is -0.325 e. The summed E-state index contributed by atoms with van der Waals surface area (Å²) in [7, 11) is -3.56. The lowest BCUT2D eigenvalue weighted by molar-refractivity contribution is -0.113. The molecule has 0 bridgehead atoms. The number of benzene rings is 2. The maximum Gasteiger partial charge on any atom is 0.239 e. The summed E-state index contributed by atoms with van der Waals surface area (Å²) in [6.07, 6.45) is 0. The number of carbonyl (C=O) groups excluding carboxylic acids is 1. The van der Waals surface area contributed by atoms with Crippen molar-refractivity contribution in [3.05, 3.63) is 69.0 Å². The second-order valence-corrected chi connectivity index (χ2v) is 10.1. The molecule has 0 aliphatic rings. The van der Waals surface area contributed by atoms with Crippen molar-refractivity contribution >= 4 is 48.7 Å². The lowest BCUT2D eigenvalue weighted by atomic mass is 10.1. The van der Waals surface area contributed by atoms with Crippen LogP contribution in [0.3, 0.4) is 0 Å². The molecule has 27 heavy (non-hydrogen) atoms. The Labute approximate surface area is 170 Å². The van der Waals surface area contributed by atoms with Gasteiger partial charge in [-0.2, -0.15) is 0 Å². The SMILES string of the molecule is Cc1nc(-c2ccc(NC(=O)CS(=O)(=O)Cc3cccc(Br)c3)cc2)cs1. The molecule has 1 amide bonds. The third-order valence-corrected chi connectivity index (χ3v) is 6.45. The molecule has 0 aliphatic heterocycles. The zero-order chi connectivity index (χ0) is 19.4. The molecular formula is C19H17BrN2O3S2. The summed E-state index contributed by atoms with van der Waals surface area (Å²) in [6, 6.07) is 14.2. The number of sulfone groups is 1. The molecular weight excluding hydrogens is 448 g/mol. The number of nitrogens with zero attached hydrogens (tertiary/aromatic N) is 1. The van der Waals surface area contributed by atoms with E-state index < -0.39 is 21.5 Å². The normalized spacial score (nSPS) is 11.3. The van der Waals surface area contributed by atoms with Crippen molar-refractivity contribution in [2.45, 2.75) is 12.7 Å². The summed E-state index contributed by atoms with van der Waals surface area (Å²) in [4.78, 5) is 16.5. The molecule has 3 rings (SSSR count). The van der Waals surface area contributed by atoms with E-state index in [9.17, 15) is 13.2 Å². The number of hydrogen-bond donors (Lipinski definition) is 1. The average Bonchev–Trinajstić information content (AvgIpc) is 3.01. The molecule has 0 aliphatic carbocycles. The van der Waals surface area contributed by atoms with Crippen molar-refractivity contribution in [3.63, 3.8) is 0 Å². The third kappa shape index (κ3) is 5.72. The van der Waals surface area contributed by atoms with Gasteiger partial charge in [0.25, 0.3) is 0 Å². The Balaban J connectivity index is 1.61. The maximum absolute atomic E-state index is 12.3. The first kappa shape index (κ1) is 19.7. The molecule has 0 saturated carbocycles. The Morgan fingerprint density at radius 1 is 1.19 bits per heavy atom. The van der Waals surface area contributed by atoms with Crippen LogP contribution in [0.2, 0.25) is 0 Å². The second-order valence-electron chi connectivity index (χ2n) is 6.04. The van der Waals surface area contributed by atoms with E-state index in [0.29, 0.717) is 11.3 Å². The number of aryl methyl sites for hydroxylation is 1. The molecule has 0 fully saturated rings. The zero-order valence-electron chi connectivity index (χ0n) is 14.5. The van der Waals surface area contributed by atoms with Crippen molar-refractivity contribution in [2.75, 3.05) is 11.1 Å². The molecule has 0 atom stereocenters. The molecule has 3 aromatic rings. The van der Waals surface area contributed by atoms with Gasteiger partial charge in [0.15, 0.2) is 9.84 Å². The van der Waals surface area contributed by atoms with Crippen molar-refractivity contribution in [1.82, 2.24) is 4.98 Å². The number of rotatable bonds is 6. The highest BCUT2D eigenvalue weighted by molar-refractivity contribution is 9.10. The van der Waals surface area contributed by atoms with Gasteiger partial charge in [-0.1, -0.05) is 40.2 Å². The standard InChI is InChI=1S/C19H17BrN2O3S2/c1-13-21-18(10-26-13)15-5-7-17(8-6-15)22-19(23)12-27(24,25)11-14-3-2-4-16(20)9-14/h2-10H,11-12H2,1H3,(H,22,23). The third-order valence-electron chi connectivity index (χ3n) is 3.71. The molecule has 5 nitrogen and oxygen atoms in total. The van der Waals surface area contributed by atoms with Crippen LogP contribution in [0.1, 0.15) is 10.6 Å². The molecule has 1 N–H and O–H groups in total. The van der Waals surface area contributed by atoms with Crippen LogP contribution in [0, 0.1) is 6.92 Å². The summed E-state index contributed by atoms with van der Waals surface area (Å²) in [5.41, 5.74) is 3.01. The van der Waals surface area contributed by atoms with Crippen molar-refractivity contribution in [1.29, 1.82) is 0 Å². The molecule has 2 aromatic carbocycles. The topological polar surface area (TPSA) is 76.1 Å². The smallest absolute Gasteiger partial charge is 0.239 e. The number of thiazole rings is 1. The van der Waals surface area contributed by atoms with Crippen LogP contribution in [0.15, 0.2) is 58.4 Å². The first-order valence-corrected chi connectivity index (χ1v) is 11.6. The van der Waals surface area contributed by atoms with Gasteiger partial charge in [0.05, 0.1) is 16.5 Å². The predicted molar refractivity (Wildman–Crippen MR) is 113 cm³/mol. The number of anilines is 1. The number of carbonyl (C=O) groups is 1. The average molecular weight is 465 g/mol. The van der Waals surface area contributed by atoms with E-state index in [1.165, 1.54) is 0 Å². The molecule has 8 heteroatoms. The zero-order valence-corrected chi connectivity index (χ0v) is 17.7. The fraction of sp³-hybridized carbons (Fsp3) is 0.158. The van der Waals surface area contributed by atoms with Crippen LogP contribution in [-0.2, 0) is 20.4 Å². The molecule has 0 spiro atoms. The van der Waals surface area contributed by atoms with Gasteiger partial charge in [-0.25, -0.2) is 13.4 Å². The predicted octanol–water partition coefficient (Wildman–Crippen LogP) is 4.43. The highest BCUT2D eigenvalue weighted by Crippen LogP contribution is 2.23. The molecule has 0 unspecified atom stereocenters. The largest absolute Gasteiger partial charge is 0.325 e. The Bertz CT molecular complexity index is 1060. The first-order valence-electron chi connectivity index (χ1n) is 8.08. The minimum absolute atomic E-state index is 0.179. The fourth-order valence-corrected chi connectivity index (χ4v) is 4.88. The Morgan fingerprint density at radius 2 is 1.93 bits per heavy atom. The molecule has 0 saturated heterocycles. The summed E-state index contributed by atoms with van der Waals surface area (Å²) < 4.78 is 25.3. The summed E-state index contributed by atoms with van der Waals surface area (Å²) >= 11 is 4.88. The van der Waals surface area contributed by atoms with Gasteiger partial charge in [0.1, 0.15) is 5.75 Å². The Kier molecular flexibility index (Phi) is 6.08. The highest BCUT2D eigenvalue weighted by atomic mass is 79.9.